The SMILES string of the molecule is CONC(=O)Nc1ccc(-c2sc3c(c2CN(C)C)C(O)N(c2ccc(OC)nn2)C(O)N3Cc2c(F)cccc2F)cc1. The molecule has 2 amide bonds. The van der Waals surface area contributed by atoms with Gasteiger partial charge in [0.1, 0.15) is 16.6 Å². The largest absolute Gasteiger partial charge is 0.480 e. The number of methoxy groups -OCH3 is 1. The maximum absolute atomic E-state index is 14.9. The average molecular weight is 628 g/mol. The zero-order chi connectivity index (χ0) is 31.5. The van der Waals surface area contributed by atoms with Crippen molar-refractivity contribution in [3.05, 3.63) is 82.9 Å². The van der Waals surface area contributed by atoms with Gasteiger partial charge >= 0.3 is 6.03 Å². The van der Waals surface area contributed by atoms with E-state index < -0.39 is 30.2 Å². The van der Waals surface area contributed by atoms with Crippen LogP contribution < -0.4 is 25.3 Å². The standard InChI is InChI=1S/C29H31F2N7O5S/c1-36(2)14-19-24-26(39)38(22-12-13-23(42-3)34-33-22)29(41)37(15-18-20(30)6-5-7-21(18)31)27(24)44-25(19)16-8-10-17(11-9-16)32-28(40)35-43-4/h5-13,26,29,39,41H,14-15H2,1-4H3,(H2,32,35,40). The molecule has 0 spiro atoms. The zero-order valence-corrected chi connectivity index (χ0v) is 25.1. The number of hydrogen-bond acceptors (Lipinski definition) is 11. The van der Waals surface area contributed by atoms with Crippen molar-refractivity contribution in [2.45, 2.75) is 25.7 Å². The molecule has 0 radical (unpaired) electrons. The van der Waals surface area contributed by atoms with Crippen molar-refractivity contribution in [2.24, 2.45) is 0 Å². The number of anilines is 3. The van der Waals surface area contributed by atoms with Crippen molar-refractivity contribution in [3.63, 3.8) is 0 Å². The van der Waals surface area contributed by atoms with Crippen LogP contribution in [0.25, 0.3) is 10.4 Å². The Labute approximate surface area is 256 Å². The van der Waals surface area contributed by atoms with E-state index in [1.165, 1.54) is 53.6 Å². The van der Waals surface area contributed by atoms with Gasteiger partial charge in [-0.25, -0.2) is 19.1 Å². The number of aliphatic hydroxyl groups excluding tert-OH is 2. The third kappa shape index (κ3) is 6.13. The number of nitrogens with zero attached hydrogens (tertiary/aromatic N) is 5. The van der Waals surface area contributed by atoms with Crippen LogP contribution in [0.4, 0.5) is 30.1 Å². The molecule has 2 aromatic heterocycles. The molecule has 4 N–H and O–H groups in total. The summed E-state index contributed by atoms with van der Waals surface area (Å²) in [5, 5.41) is 34.7. The van der Waals surface area contributed by atoms with Gasteiger partial charge in [0.2, 0.25) is 12.2 Å². The molecule has 44 heavy (non-hydrogen) atoms. The second-order valence-electron chi connectivity index (χ2n) is 10.1. The minimum absolute atomic E-state index is 0.115. The van der Waals surface area contributed by atoms with Crippen LogP contribution in [0.1, 0.15) is 22.9 Å². The highest BCUT2D eigenvalue weighted by Gasteiger charge is 2.43. The summed E-state index contributed by atoms with van der Waals surface area (Å²) >= 11 is 1.27. The van der Waals surface area contributed by atoms with Crippen LogP contribution >= 0.6 is 11.3 Å². The van der Waals surface area contributed by atoms with Gasteiger partial charge in [0.15, 0.2) is 12.0 Å². The molecule has 0 saturated carbocycles. The molecule has 2 unspecified atom stereocenters. The van der Waals surface area contributed by atoms with Gasteiger partial charge < -0.3 is 30.1 Å². The Bertz CT molecular complexity index is 1600. The Balaban J connectivity index is 1.65. The van der Waals surface area contributed by atoms with Crippen LogP contribution in [0.2, 0.25) is 0 Å². The van der Waals surface area contributed by atoms with Gasteiger partial charge in [-0.05, 0) is 55.6 Å². The number of rotatable bonds is 9. The predicted molar refractivity (Wildman–Crippen MR) is 161 cm³/mol. The number of urea groups is 1. The number of aliphatic hydroxyl groups is 2. The maximum atomic E-state index is 14.9. The number of halogens is 2. The molecular formula is C29H31F2N7O5S. The first-order valence-electron chi connectivity index (χ1n) is 13.3. The number of hydroxylamine groups is 1. The number of fused-ring (bicyclic) bond motifs is 1. The molecule has 12 nitrogen and oxygen atoms in total. The summed E-state index contributed by atoms with van der Waals surface area (Å²) in [6.07, 6.45) is -2.98. The molecule has 1 aliphatic heterocycles. The summed E-state index contributed by atoms with van der Waals surface area (Å²) in [6, 6.07) is 13.1. The zero-order valence-electron chi connectivity index (χ0n) is 24.3. The molecule has 0 saturated heterocycles. The van der Waals surface area contributed by atoms with E-state index in [0.29, 0.717) is 22.8 Å². The minimum atomic E-state index is -1.58. The first-order valence-corrected chi connectivity index (χ1v) is 14.2. The molecule has 2 atom stereocenters. The van der Waals surface area contributed by atoms with Crippen LogP contribution in [0.3, 0.4) is 0 Å². The summed E-state index contributed by atoms with van der Waals surface area (Å²) in [7, 11) is 6.50. The number of thiophene rings is 1. The molecule has 2 aromatic carbocycles. The Morgan fingerprint density at radius 3 is 2.32 bits per heavy atom. The first kappa shape index (κ1) is 31.0. The Morgan fingerprint density at radius 1 is 1.02 bits per heavy atom. The average Bonchev–Trinajstić information content (AvgIpc) is 3.36. The number of benzene rings is 2. The van der Waals surface area contributed by atoms with E-state index in [4.69, 9.17) is 4.74 Å². The third-order valence-electron chi connectivity index (χ3n) is 6.90. The summed E-state index contributed by atoms with van der Waals surface area (Å²) < 4.78 is 34.9. The Kier molecular flexibility index (Phi) is 9.22. The number of aromatic nitrogens is 2. The Morgan fingerprint density at radius 2 is 1.73 bits per heavy atom. The lowest BCUT2D eigenvalue weighted by molar-refractivity contribution is 0.0688. The fourth-order valence-corrected chi connectivity index (χ4v) is 6.30. The van der Waals surface area contributed by atoms with Crippen LogP contribution in [0.15, 0.2) is 54.6 Å². The van der Waals surface area contributed by atoms with Gasteiger partial charge in [-0.1, -0.05) is 18.2 Å². The second kappa shape index (κ2) is 13.1. The summed E-state index contributed by atoms with van der Waals surface area (Å²) in [4.78, 5) is 21.8. The number of amides is 2. The molecule has 0 fully saturated rings. The van der Waals surface area contributed by atoms with Crippen molar-refractivity contribution in [1.82, 2.24) is 20.6 Å². The van der Waals surface area contributed by atoms with Gasteiger partial charge in [-0.3, -0.25) is 9.74 Å². The van der Waals surface area contributed by atoms with E-state index in [1.54, 1.807) is 24.3 Å². The van der Waals surface area contributed by atoms with Crippen molar-refractivity contribution < 1.29 is 33.4 Å². The van der Waals surface area contributed by atoms with Gasteiger partial charge in [-0.2, -0.15) is 0 Å². The molecule has 3 heterocycles. The van der Waals surface area contributed by atoms with Crippen molar-refractivity contribution in [2.75, 3.05) is 43.4 Å². The second-order valence-corrected chi connectivity index (χ2v) is 11.1. The number of carbonyl (C=O) groups excluding carboxylic acids is 1. The fourth-order valence-electron chi connectivity index (χ4n) is 4.94. The van der Waals surface area contributed by atoms with Crippen molar-refractivity contribution >= 4 is 33.9 Å². The van der Waals surface area contributed by atoms with E-state index in [-0.39, 0.29) is 23.8 Å². The van der Waals surface area contributed by atoms with Gasteiger partial charge in [0.25, 0.3) is 0 Å². The predicted octanol–water partition coefficient (Wildman–Crippen LogP) is 4.03. The molecular weight excluding hydrogens is 596 g/mol. The first-order chi connectivity index (χ1) is 21.1. The van der Waals surface area contributed by atoms with Crippen LogP contribution in [0, 0.1) is 11.6 Å². The third-order valence-corrected chi connectivity index (χ3v) is 8.24. The van der Waals surface area contributed by atoms with E-state index in [9.17, 15) is 23.8 Å². The van der Waals surface area contributed by atoms with E-state index in [2.05, 4.69) is 25.8 Å². The van der Waals surface area contributed by atoms with Gasteiger partial charge in [0.05, 0.1) is 20.8 Å². The topological polar surface area (TPSA) is 136 Å². The molecule has 0 bridgehead atoms. The normalized spacial score (nSPS) is 16.2. The highest BCUT2D eigenvalue weighted by molar-refractivity contribution is 7.20. The van der Waals surface area contributed by atoms with Gasteiger partial charge in [-0.15, -0.1) is 21.5 Å². The number of nitrogens with one attached hydrogen (secondary N) is 2. The van der Waals surface area contributed by atoms with Crippen LogP contribution in [0.5, 0.6) is 5.88 Å². The lowest BCUT2D eigenvalue weighted by atomic mass is 10.0. The molecule has 4 aromatic rings. The number of ether oxygens (including phenoxy) is 1. The monoisotopic (exact) mass is 627 g/mol. The lowest BCUT2D eigenvalue weighted by Gasteiger charge is -2.44. The van der Waals surface area contributed by atoms with Crippen molar-refractivity contribution in [1.29, 1.82) is 0 Å². The molecule has 5 rings (SSSR count). The summed E-state index contributed by atoms with van der Waals surface area (Å²) in [6.45, 7) is 0.0346. The molecule has 1 aliphatic rings. The van der Waals surface area contributed by atoms with E-state index in [0.717, 1.165) is 28.1 Å². The molecule has 0 aliphatic carbocycles. The van der Waals surface area contributed by atoms with Crippen molar-refractivity contribution in [3.8, 4) is 16.3 Å². The fraction of sp³-hybridized carbons (Fsp3) is 0.276. The minimum Gasteiger partial charge on any atom is -0.480 e. The molecule has 15 heteroatoms. The Hall–Kier alpha value is -4.41. The van der Waals surface area contributed by atoms with Crippen LogP contribution in [-0.4, -0.2) is 66.0 Å². The summed E-state index contributed by atoms with van der Waals surface area (Å²) in [5.74, 6) is -1.20. The van der Waals surface area contributed by atoms with E-state index >= 15 is 0 Å². The lowest BCUT2D eigenvalue weighted by Crippen LogP contribution is -2.54. The summed E-state index contributed by atoms with van der Waals surface area (Å²) in [5.41, 5.74) is 4.38. The smallest absolute Gasteiger partial charge is 0.343 e. The quantitative estimate of drug-likeness (QED) is 0.202. The van der Waals surface area contributed by atoms with E-state index in [1.807, 2.05) is 19.0 Å². The highest BCUT2D eigenvalue weighted by atomic mass is 32.1. The number of hydrogen-bond donors (Lipinski definition) is 4. The molecule has 232 valence electrons. The van der Waals surface area contributed by atoms with Gasteiger partial charge in [0, 0.05) is 34.3 Å². The maximum Gasteiger partial charge on any atom is 0.343 e. The number of carbonyl (C=O) groups is 1. The highest BCUT2D eigenvalue weighted by Crippen LogP contribution is 2.51. The van der Waals surface area contributed by atoms with Crippen LogP contribution in [-0.2, 0) is 17.9 Å².